The summed E-state index contributed by atoms with van der Waals surface area (Å²) in [6.45, 7) is 0. The van der Waals surface area contributed by atoms with Crippen molar-refractivity contribution in [2.75, 3.05) is 7.11 Å². The van der Waals surface area contributed by atoms with Crippen LogP contribution in [0.5, 0.6) is 0 Å². The molecule has 2 radical (unpaired) electrons. The van der Waals surface area contributed by atoms with Crippen LogP contribution < -0.4 is 0 Å². The summed E-state index contributed by atoms with van der Waals surface area (Å²) in [5.74, 6) is 0. The van der Waals surface area contributed by atoms with Crippen molar-refractivity contribution >= 4 is 0 Å². The second kappa shape index (κ2) is 6.96. The molecule has 1 aliphatic carbocycles. The molecular formula is C7H14O. The minimum absolute atomic E-state index is 0.750. The van der Waals surface area contributed by atoms with E-state index in [1.165, 1.54) is 32.1 Å². The summed E-state index contributed by atoms with van der Waals surface area (Å²) in [6.07, 6.45) is 9.50. The van der Waals surface area contributed by atoms with Crippen LogP contribution in [0.25, 0.3) is 0 Å². The third kappa shape index (κ3) is 4.13. The van der Waals surface area contributed by atoms with Gasteiger partial charge in [0.2, 0.25) is 0 Å². The molecule has 0 N–H and O–H groups in total. The molecule has 1 heteroatoms. The van der Waals surface area contributed by atoms with Crippen LogP contribution in [-0.2, 0) is 5.11 Å². The molecular weight excluding hydrogens is 100 g/mol. The molecule has 0 aromatic rings. The largest absolute Gasteiger partial charge is 0.240 e. The first-order valence-corrected chi connectivity index (χ1v) is 3.22. The van der Waals surface area contributed by atoms with Gasteiger partial charge in [-0.2, -0.15) is 0 Å². The van der Waals surface area contributed by atoms with Crippen LogP contribution in [0.4, 0.5) is 0 Å². The molecule has 1 saturated carbocycles. The van der Waals surface area contributed by atoms with Crippen molar-refractivity contribution in [2.45, 2.75) is 32.1 Å². The number of rotatable bonds is 0. The summed E-state index contributed by atoms with van der Waals surface area (Å²) in [7, 11) is 0.750. The predicted octanol–water partition coefficient (Wildman–Crippen LogP) is 2.20. The molecule has 0 spiro atoms. The van der Waals surface area contributed by atoms with E-state index in [1.807, 2.05) is 0 Å². The van der Waals surface area contributed by atoms with Crippen molar-refractivity contribution in [2.24, 2.45) is 0 Å². The molecule has 1 aliphatic rings. The van der Waals surface area contributed by atoms with Gasteiger partial charge in [-0.3, -0.25) is 0 Å². The number of hydrogen-bond acceptors (Lipinski definition) is 0. The summed E-state index contributed by atoms with van der Waals surface area (Å²) in [6, 6.07) is 0. The van der Waals surface area contributed by atoms with Crippen LogP contribution in [0.1, 0.15) is 32.1 Å². The van der Waals surface area contributed by atoms with Gasteiger partial charge < -0.3 is 0 Å². The maximum absolute atomic E-state index is 8.25. The average molecular weight is 114 g/mol. The Morgan fingerprint density at radius 2 is 1.50 bits per heavy atom. The van der Waals surface area contributed by atoms with Gasteiger partial charge >= 0.3 is 0 Å². The molecule has 8 heavy (non-hydrogen) atoms. The Kier molecular flexibility index (Phi) is 6.93. The van der Waals surface area contributed by atoms with Gasteiger partial charge in [0.1, 0.15) is 0 Å². The van der Waals surface area contributed by atoms with Crippen molar-refractivity contribution in [1.82, 2.24) is 0 Å². The molecule has 1 nitrogen and oxygen atoms in total. The second-order valence-corrected chi connectivity index (χ2v) is 1.93. The Hall–Kier alpha value is -0.0400. The molecule has 0 unspecified atom stereocenters. The molecule has 0 aliphatic heterocycles. The summed E-state index contributed by atoms with van der Waals surface area (Å²) in [5, 5.41) is 8.25. The van der Waals surface area contributed by atoms with E-state index in [1.54, 1.807) is 0 Å². The van der Waals surface area contributed by atoms with E-state index in [9.17, 15) is 0 Å². The van der Waals surface area contributed by atoms with Crippen molar-refractivity contribution in [3.8, 4) is 0 Å². The zero-order valence-corrected chi connectivity index (χ0v) is 5.52. The van der Waals surface area contributed by atoms with Gasteiger partial charge in [-0.05, 0) is 6.42 Å². The molecule has 0 saturated heterocycles. The van der Waals surface area contributed by atoms with Crippen LogP contribution in [0.15, 0.2) is 0 Å². The van der Waals surface area contributed by atoms with Gasteiger partial charge in [0.15, 0.2) is 0 Å². The zero-order chi connectivity index (χ0) is 6.24. The van der Waals surface area contributed by atoms with E-state index in [4.69, 9.17) is 5.11 Å². The first kappa shape index (κ1) is 7.96. The fourth-order valence-corrected chi connectivity index (χ4v) is 0.898. The van der Waals surface area contributed by atoms with Gasteiger partial charge in [0.05, 0.1) is 7.11 Å². The van der Waals surface area contributed by atoms with E-state index in [0.717, 1.165) is 7.11 Å². The molecule has 0 amide bonds. The van der Waals surface area contributed by atoms with Crippen molar-refractivity contribution in [3.63, 3.8) is 0 Å². The van der Waals surface area contributed by atoms with Gasteiger partial charge in [-0.25, -0.2) is 5.11 Å². The zero-order valence-electron chi connectivity index (χ0n) is 5.52. The normalized spacial score (nSPS) is 18.8. The molecule has 0 aromatic heterocycles. The van der Waals surface area contributed by atoms with E-state index in [0.29, 0.717) is 0 Å². The second-order valence-electron chi connectivity index (χ2n) is 1.93. The fraction of sp³-hybridized carbons (Fsp3) is 0.857. The van der Waals surface area contributed by atoms with E-state index in [-0.39, 0.29) is 0 Å². The molecule has 0 heterocycles. The lowest BCUT2D eigenvalue weighted by molar-refractivity contribution is 0.282. The maximum atomic E-state index is 8.25. The maximum Gasteiger partial charge on any atom is 0.0712 e. The highest BCUT2D eigenvalue weighted by Gasteiger charge is 1.95. The molecule has 0 aromatic carbocycles. The minimum Gasteiger partial charge on any atom is -0.240 e. The van der Waals surface area contributed by atoms with Crippen molar-refractivity contribution in [3.05, 3.63) is 6.42 Å². The predicted molar refractivity (Wildman–Crippen MR) is 34.0 cm³/mol. The van der Waals surface area contributed by atoms with Crippen LogP contribution in [0.2, 0.25) is 0 Å². The smallest absolute Gasteiger partial charge is 0.0712 e. The Morgan fingerprint density at radius 3 is 1.62 bits per heavy atom. The summed E-state index contributed by atoms with van der Waals surface area (Å²) >= 11 is 0. The fourth-order valence-electron chi connectivity index (χ4n) is 0.898. The van der Waals surface area contributed by atoms with Crippen molar-refractivity contribution in [1.29, 1.82) is 0 Å². The molecule has 1 fully saturated rings. The van der Waals surface area contributed by atoms with Gasteiger partial charge in [0.25, 0.3) is 0 Å². The minimum atomic E-state index is 0.750. The van der Waals surface area contributed by atoms with Crippen molar-refractivity contribution < 1.29 is 5.11 Å². The molecule has 1 rings (SSSR count). The standard InChI is InChI=1S/C6H11.CH3O/c1-2-4-6-5-3-1;1-2/h1H,2-6H2;1H3. The first-order chi connectivity index (χ1) is 4.00. The lowest BCUT2D eigenvalue weighted by Gasteiger charge is -2.05. The van der Waals surface area contributed by atoms with Gasteiger partial charge in [-0.1, -0.05) is 32.1 Å². The lowest BCUT2D eigenvalue weighted by Crippen LogP contribution is -1.87. The molecule has 0 atom stereocenters. The quantitative estimate of drug-likeness (QED) is 0.460. The van der Waals surface area contributed by atoms with Crippen LogP contribution >= 0.6 is 0 Å². The Bertz CT molecular complexity index is 19.9. The topological polar surface area (TPSA) is 19.9 Å². The van der Waals surface area contributed by atoms with E-state index in [2.05, 4.69) is 6.42 Å². The highest BCUT2D eigenvalue weighted by Crippen LogP contribution is 2.14. The monoisotopic (exact) mass is 114 g/mol. The highest BCUT2D eigenvalue weighted by molar-refractivity contribution is 4.69. The van der Waals surface area contributed by atoms with Gasteiger partial charge in [0, 0.05) is 0 Å². The lowest BCUT2D eigenvalue weighted by atomic mass is 10.0. The SMILES string of the molecule is C[O].[CH]1CCCCC1. The average Bonchev–Trinajstić information content (AvgIpc) is 1.96. The Balaban J connectivity index is 0.000000222. The third-order valence-corrected chi connectivity index (χ3v) is 1.32. The van der Waals surface area contributed by atoms with E-state index >= 15 is 0 Å². The van der Waals surface area contributed by atoms with Crippen LogP contribution in [-0.4, -0.2) is 7.11 Å². The highest BCUT2D eigenvalue weighted by atomic mass is 16.2. The molecule has 0 bridgehead atoms. The van der Waals surface area contributed by atoms with E-state index < -0.39 is 0 Å². The molecule has 48 valence electrons. The Labute approximate surface area is 51.7 Å². The van der Waals surface area contributed by atoms with Crippen LogP contribution in [0, 0.1) is 6.42 Å². The third-order valence-electron chi connectivity index (χ3n) is 1.32. The van der Waals surface area contributed by atoms with Gasteiger partial charge in [-0.15, -0.1) is 0 Å². The summed E-state index contributed by atoms with van der Waals surface area (Å²) < 4.78 is 0. The summed E-state index contributed by atoms with van der Waals surface area (Å²) in [4.78, 5) is 0. The van der Waals surface area contributed by atoms with Crippen LogP contribution in [0.3, 0.4) is 0 Å². The first-order valence-electron chi connectivity index (χ1n) is 3.22. The number of hydrogen-bond donors (Lipinski definition) is 0. The Morgan fingerprint density at radius 1 is 1.00 bits per heavy atom. The summed E-state index contributed by atoms with van der Waals surface area (Å²) in [5.41, 5.74) is 0.